The van der Waals surface area contributed by atoms with Gasteiger partial charge in [-0.25, -0.2) is 17.8 Å². The normalized spacial score (nSPS) is 20.0. The Morgan fingerprint density at radius 1 is 1.21 bits per heavy atom. The van der Waals surface area contributed by atoms with Gasteiger partial charge in [-0.15, -0.1) is 0 Å². The number of anilines is 3. The van der Waals surface area contributed by atoms with E-state index in [9.17, 15) is 22.4 Å². The van der Waals surface area contributed by atoms with Gasteiger partial charge in [0.05, 0.1) is 42.2 Å². The molecule has 34 heavy (non-hydrogen) atoms. The Morgan fingerprint density at radius 3 is 2.62 bits per heavy atom. The van der Waals surface area contributed by atoms with Crippen LogP contribution in [0.25, 0.3) is 11.3 Å². The maximum absolute atomic E-state index is 13.2. The lowest BCUT2D eigenvalue weighted by Crippen LogP contribution is -2.38. The number of aromatic nitrogens is 2. The molecule has 176 valence electrons. The molecule has 1 saturated carbocycles. The van der Waals surface area contributed by atoms with E-state index in [0.29, 0.717) is 28.2 Å². The van der Waals surface area contributed by atoms with Crippen LogP contribution < -0.4 is 10.6 Å². The topological polar surface area (TPSA) is 124 Å². The predicted molar refractivity (Wildman–Crippen MR) is 125 cm³/mol. The molecular weight excluding hydrogens is 461 g/mol. The number of para-hydroxylation sites is 1. The standard InChI is InChI=1S/C23H22FN5O4S/c1-34(32,33)29-11-17-20(18(30)12-29)22(26-14-5-3-2-4-6-14)21(27-17)13-7-8-25-19(9-13)28-23(31)15-10-16(15)24/h2-9,15-16,26-27H,10-12H2,1H3,(H,25,28,31)/t15-,16+/m1/s1. The molecule has 0 spiro atoms. The number of carbonyl (C=O) groups is 2. The Morgan fingerprint density at radius 2 is 1.94 bits per heavy atom. The van der Waals surface area contributed by atoms with E-state index in [2.05, 4.69) is 20.6 Å². The van der Waals surface area contributed by atoms with Crippen molar-refractivity contribution in [3.05, 3.63) is 59.9 Å². The summed E-state index contributed by atoms with van der Waals surface area (Å²) in [6.45, 7) is -0.229. The summed E-state index contributed by atoms with van der Waals surface area (Å²) in [6, 6.07) is 12.6. The monoisotopic (exact) mass is 483 g/mol. The number of nitrogens with zero attached hydrogens (tertiary/aromatic N) is 2. The quantitative estimate of drug-likeness (QED) is 0.495. The predicted octanol–water partition coefficient (Wildman–Crippen LogP) is 3.07. The molecule has 3 aromatic rings. The lowest BCUT2D eigenvalue weighted by Gasteiger charge is -2.24. The molecule has 2 aliphatic rings. The summed E-state index contributed by atoms with van der Waals surface area (Å²) in [4.78, 5) is 32.6. The van der Waals surface area contributed by atoms with Crippen LogP contribution in [0.4, 0.5) is 21.6 Å². The average molecular weight is 484 g/mol. The molecule has 1 amide bonds. The van der Waals surface area contributed by atoms with E-state index in [1.165, 1.54) is 6.20 Å². The number of rotatable bonds is 6. The number of nitrogens with one attached hydrogen (secondary N) is 3. The summed E-state index contributed by atoms with van der Waals surface area (Å²) >= 11 is 0. The van der Waals surface area contributed by atoms with Gasteiger partial charge < -0.3 is 15.6 Å². The molecule has 2 atom stereocenters. The number of ketones is 1. The summed E-state index contributed by atoms with van der Waals surface area (Å²) in [5.74, 6) is -1.16. The molecule has 0 radical (unpaired) electrons. The van der Waals surface area contributed by atoms with Gasteiger partial charge in [0.2, 0.25) is 15.9 Å². The minimum Gasteiger partial charge on any atom is -0.355 e. The number of H-pyrrole nitrogens is 1. The van der Waals surface area contributed by atoms with Gasteiger partial charge in [-0.1, -0.05) is 18.2 Å². The maximum Gasteiger partial charge on any atom is 0.231 e. The van der Waals surface area contributed by atoms with Gasteiger partial charge in [-0.05, 0) is 30.7 Å². The van der Waals surface area contributed by atoms with Crippen LogP contribution in [0.15, 0.2) is 48.7 Å². The number of halogens is 1. The third-order valence-corrected chi connectivity index (χ3v) is 7.07. The highest BCUT2D eigenvalue weighted by molar-refractivity contribution is 7.88. The van der Waals surface area contributed by atoms with Gasteiger partial charge in [-0.3, -0.25) is 9.59 Å². The highest BCUT2D eigenvalue weighted by atomic mass is 32.2. The van der Waals surface area contributed by atoms with Gasteiger partial charge in [0.15, 0.2) is 5.78 Å². The van der Waals surface area contributed by atoms with E-state index in [1.807, 2.05) is 30.3 Å². The first-order valence-electron chi connectivity index (χ1n) is 10.7. The number of fused-ring (bicyclic) bond motifs is 1. The summed E-state index contributed by atoms with van der Waals surface area (Å²) in [6.07, 6.45) is 1.65. The number of carbonyl (C=O) groups excluding carboxylic acids is 2. The van der Waals surface area contributed by atoms with Crippen molar-refractivity contribution in [2.75, 3.05) is 23.4 Å². The third-order valence-electron chi connectivity index (χ3n) is 5.87. The summed E-state index contributed by atoms with van der Waals surface area (Å²) in [7, 11) is -3.57. The Kier molecular flexibility index (Phi) is 5.45. The van der Waals surface area contributed by atoms with Gasteiger partial charge in [0.1, 0.15) is 12.0 Å². The average Bonchev–Trinajstić information content (AvgIpc) is 3.42. The molecule has 0 saturated heterocycles. The van der Waals surface area contributed by atoms with E-state index < -0.39 is 28.0 Å². The largest absolute Gasteiger partial charge is 0.355 e. The molecule has 2 aromatic heterocycles. The van der Waals surface area contributed by atoms with Crippen LogP contribution in [0.2, 0.25) is 0 Å². The first-order valence-corrected chi connectivity index (χ1v) is 12.5. The number of amides is 1. The third kappa shape index (κ3) is 4.31. The lowest BCUT2D eigenvalue weighted by atomic mass is 10.0. The van der Waals surface area contributed by atoms with Crippen LogP contribution in [-0.4, -0.2) is 53.4 Å². The van der Waals surface area contributed by atoms with Crippen LogP contribution in [0.5, 0.6) is 0 Å². The molecule has 3 N–H and O–H groups in total. The number of pyridine rings is 1. The molecule has 1 aliphatic heterocycles. The van der Waals surface area contributed by atoms with Crippen LogP contribution in [0.3, 0.4) is 0 Å². The molecule has 3 heterocycles. The molecule has 0 unspecified atom stereocenters. The van der Waals surface area contributed by atoms with Gasteiger partial charge in [0.25, 0.3) is 0 Å². The smallest absolute Gasteiger partial charge is 0.231 e. The van der Waals surface area contributed by atoms with Crippen molar-refractivity contribution in [1.29, 1.82) is 0 Å². The van der Waals surface area contributed by atoms with E-state index in [-0.39, 0.29) is 31.1 Å². The summed E-state index contributed by atoms with van der Waals surface area (Å²) in [5.41, 5.74) is 3.27. The first kappa shape index (κ1) is 22.2. The van der Waals surface area contributed by atoms with E-state index in [0.717, 1.165) is 16.2 Å². The van der Waals surface area contributed by atoms with Crippen molar-refractivity contribution in [3.63, 3.8) is 0 Å². The molecule has 5 rings (SSSR count). The Bertz CT molecular complexity index is 1390. The molecule has 1 aromatic carbocycles. The zero-order chi connectivity index (χ0) is 24.0. The second kappa shape index (κ2) is 8.33. The number of sulfonamides is 1. The number of benzene rings is 1. The molecular formula is C23H22FN5O4S. The van der Waals surface area contributed by atoms with Crippen molar-refractivity contribution in [3.8, 4) is 11.3 Å². The summed E-state index contributed by atoms with van der Waals surface area (Å²) < 4.78 is 38.5. The fraction of sp³-hybridized carbons (Fsp3) is 0.261. The van der Waals surface area contributed by atoms with Gasteiger partial charge in [-0.2, -0.15) is 4.31 Å². The van der Waals surface area contributed by atoms with E-state index in [4.69, 9.17) is 0 Å². The van der Waals surface area contributed by atoms with Crippen molar-refractivity contribution < 1.29 is 22.4 Å². The summed E-state index contributed by atoms with van der Waals surface area (Å²) in [5, 5.41) is 5.91. The lowest BCUT2D eigenvalue weighted by molar-refractivity contribution is -0.117. The fourth-order valence-corrected chi connectivity index (χ4v) is 4.72. The number of alkyl halides is 1. The van der Waals surface area contributed by atoms with Crippen molar-refractivity contribution in [1.82, 2.24) is 14.3 Å². The number of hydrogen-bond donors (Lipinski definition) is 3. The minimum atomic E-state index is -3.57. The zero-order valence-corrected chi connectivity index (χ0v) is 19.0. The van der Waals surface area contributed by atoms with E-state index >= 15 is 0 Å². The molecule has 0 bridgehead atoms. The Balaban J connectivity index is 1.56. The first-order chi connectivity index (χ1) is 16.2. The number of hydrogen-bond acceptors (Lipinski definition) is 6. The van der Waals surface area contributed by atoms with Crippen molar-refractivity contribution >= 4 is 38.9 Å². The number of aromatic amines is 1. The molecule has 9 nitrogen and oxygen atoms in total. The zero-order valence-electron chi connectivity index (χ0n) is 18.2. The van der Waals surface area contributed by atoms with E-state index in [1.54, 1.807) is 12.1 Å². The second-order valence-electron chi connectivity index (χ2n) is 8.45. The Labute approximate surface area is 195 Å². The highest BCUT2D eigenvalue weighted by Crippen LogP contribution is 2.39. The van der Waals surface area contributed by atoms with Crippen LogP contribution >= 0.6 is 0 Å². The molecule has 1 fully saturated rings. The van der Waals surface area contributed by atoms with Gasteiger partial charge >= 0.3 is 0 Å². The fourth-order valence-electron chi connectivity index (χ4n) is 4.00. The van der Waals surface area contributed by atoms with Crippen LogP contribution in [0.1, 0.15) is 22.5 Å². The maximum atomic E-state index is 13.2. The van der Waals surface area contributed by atoms with Crippen LogP contribution in [0, 0.1) is 5.92 Å². The highest BCUT2D eigenvalue weighted by Gasteiger charge is 2.43. The van der Waals surface area contributed by atoms with Crippen molar-refractivity contribution in [2.24, 2.45) is 5.92 Å². The second-order valence-corrected chi connectivity index (χ2v) is 10.4. The van der Waals surface area contributed by atoms with Gasteiger partial charge in [0, 0.05) is 23.1 Å². The number of Topliss-reactive ketones (excluding diaryl/α,β-unsaturated/α-hetero) is 1. The molecule has 1 aliphatic carbocycles. The van der Waals surface area contributed by atoms with Crippen LogP contribution in [-0.2, 0) is 21.4 Å². The SMILES string of the molecule is CS(=O)(=O)N1CC(=O)c2c([nH]c(-c3ccnc(NC(=O)[C@@H]4C[C@@H]4F)c3)c2Nc2ccccc2)C1. The minimum absolute atomic E-state index is 0.0254. The Hall–Kier alpha value is -3.57. The van der Waals surface area contributed by atoms with Crippen molar-refractivity contribution in [2.45, 2.75) is 19.1 Å². The molecule has 11 heteroatoms.